The van der Waals surface area contributed by atoms with Gasteiger partial charge in [-0.15, -0.1) is 0 Å². The van der Waals surface area contributed by atoms with Gasteiger partial charge in [0.25, 0.3) is 0 Å². The first kappa shape index (κ1) is 14.8. The molecule has 1 fully saturated rings. The fourth-order valence-electron chi connectivity index (χ4n) is 2.72. The molecule has 2 rings (SSSR count). The Morgan fingerprint density at radius 3 is 2.45 bits per heavy atom. The second-order valence-corrected chi connectivity index (χ2v) is 5.52. The zero-order valence-corrected chi connectivity index (χ0v) is 12.3. The molecule has 1 saturated heterocycles. The van der Waals surface area contributed by atoms with Gasteiger partial charge in [0.1, 0.15) is 5.82 Å². The van der Waals surface area contributed by atoms with Gasteiger partial charge in [0.05, 0.1) is 5.56 Å². The van der Waals surface area contributed by atoms with Crippen molar-refractivity contribution in [2.45, 2.75) is 51.9 Å². The summed E-state index contributed by atoms with van der Waals surface area (Å²) in [6, 6.07) is 3.43. The summed E-state index contributed by atoms with van der Waals surface area (Å²) < 4.78 is 0. The molecule has 0 saturated carbocycles. The molecule has 4 heteroatoms. The van der Waals surface area contributed by atoms with Crippen LogP contribution in [0.25, 0.3) is 0 Å². The van der Waals surface area contributed by atoms with Crippen molar-refractivity contribution in [3.8, 4) is 0 Å². The number of aromatic carboxylic acids is 1. The molecule has 1 aliphatic heterocycles. The van der Waals surface area contributed by atoms with Gasteiger partial charge in [0, 0.05) is 18.8 Å². The van der Waals surface area contributed by atoms with Crippen LogP contribution in [-0.2, 0) is 6.42 Å². The Bertz CT molecular complexity index is 452. The summed E-state index contributed by atoms with van der Waals surface area (Å²) in [6.07, 6.45) is 7.99. The molecule has 20 heavy (non-hydrogen) atoms. The minimum atomic E-state index is -0.863. The maximum Gasteiger partial charge on any atom is 0.335 e. The van der Waals surface area contributed by atoms with E-state index < -0.39 is 5.97 Å². The SMILES string of the molecule is CCCc1cc(C(=O)O)cc(N2CCCCCCC2)n1. The molecule has 110 valence electrons. The number of aryl methyl sites for hydroxylation is 1. The maximum atomic E-state index is 11.3. The van der Waals surface area contributed by atoms with Crippen molar-refractivity contribution < 1.29 is 9.90 Å². The number of anilines is 1. The molecule has 0 spiro atoms. The summed E-state index contributed by atoms with van der Waals surface area (Å²) in [5.41, 5.74) is 1.25. The van der Waals surface area contributed by atoms with Crippen LogP contribution < -0.4 is 4.90 Å². The first-order chi connectivity index (χ1) is 9.70. The number of hydrogen-bond acceptors (Lipinski definition) is 3. The standard InChI is InChI=1S/C16H24N2O2/c1-2-8-14-11-13(16(19)20)12-15(17-14)18-9-6-4-3-5-7-10-18/h11-12H,2-10H2,1H3,(H,19,20). The zero-order valence-electron chi connectivity index (χ0n) is 12.3. The van der Waals surface area contributed by atoms with Crippen LogP contribution in [0.3, 0.4) is 0 Å². The van der Waals surface area contributed by atoms with Gasteiger partial charge in [-0.25, -0.2) is 9.78 Å². The van der Waals surface area contributed by atoms with Crippen LogP contribution in [0, 0.1) is 0 Å². The van der Waals surface area contributed by atoms with Crippen molar-refractivity contribution in [3.05, 3.63) is 23.4 Å². The largest absolute Gasteiger partial charge is 0.478 e. The predicted octanol–water partition coefficient (Wildman–Crippen LogP) is 3.50. The van der Waals surface area contributed by atoms with E-state index in [0.29, 0.717) is 5.56 Å². The van der Waals surface area contributed by atoms with E-state index in [2.05, 4.69) is 16.8 Å². The summed E-state index contributed by atoms with van der Waals surface area (Å²) >= 11 is 0. The molecule has 4 nitrogen and oxygen atoms in total. The number of pyridine rings is 1. The Labute approximate surface area is 120 Å². The molecule has 0 radical (unpaired) electrons. The summed E-state index contributed by atoms with van der Waals surface area (Å²) in [5, 5.41) is 9.25. The third kappa shape index (κ3) is 3.95. The average molecular weight is 276 g/mol. The lowest BCUT2D eigenvalue weighted by molar-refractivity contribution is 0.0696. The van der Waals surface area contributed by atoms with Crippen molar-refractivity contribution >= 4 is 11.8 Å². The van der Waals surface area contributed by atoms with Crippen LogP contribution >= 0.6 is 0 Å². The lowest BCUT2D eigenvalue weighted by atomic mass is 10.1. The van der Waals surface area contributed by atoms with Crippen LogP contribution in [0.4, 0.5) is 5.82 Å². The molecular formula is C16H24N2O2. The molecule has 1 aromatic heterocycles. The van der Waals surface area contributed by atoms with Gasteiger partial charge in [0.15, 0.2) is 0 Å². The third-order valence-corrected chi connectivity index (χ3v) is 3.80. The van der Waals surface area contributed by atoms with Gasteiger partial charge < -0.3 is 10.0 Å². The van der Waals surface area contributed by atoms with Crippen molar-refractivity contribution in [3.63, 3.8) is 0 Å². The van der Waals surface area contributed by atoms with Crippen molar-refractivity contribution in [1.82, 2.24) is 4.98 Å². The molecule has 0 aliphatic carbocycles. The zero-order chi connectivity index (χ0) is 14.4. The van der Waals surface area contributed by atoms with E-state index in [1.807, 2.05) is 0 Å². The fourth-order valence-corrected chi connectivity index (χ4v) is 2.72. The van der Waals surface area contributed by atoms with E-state index in [0.717, 1.165) is 37.4 Å². The molecule has 0 amide bonds. The number of carboxylic acids is 1. The summed E-state index contributed by atoms with van der Waals surface area (Å²) in [6.45, 7) is 4.06. The Morgan fingerprint density at radius 2 is 1.85 bits per heavy atom. The van der Waals surface area contributed by atoms with Crippen molar-refractivity contribution in [1.29, 1.82) is 0 Å². The van der Waals surface area contributed by atoms with E-state index in [1.54, 1.807) is 12.1 Å². The Kier molecular flexibility index (Phi) is 5.39. The third-order valence-electron chi connectivity index (χ3n) is 3.80. The second kappa shape index (κ2) is 7.27. The highest BCUT2D eigenvalue weighted by molar-refractivity contribution is 5.88. The van der Waals surface area contributed by atoms with Gasteiger partial charge in [-0.3, -0.25) is 0 Å². The molecular weight excluding hydrogens is 252 g/mol. The number of carboxylic acid groups (broad SMARTS) is 1. The summed E-state index contributed by atoms with van der Waals surface area (Å²) in [7, 11) is 0. The Hall–Kier alpha value is -1.58. The molecule has 1 aliphatic rings. The van der Waals surface area contributed by atoms with Gasteiger partial charge >= 0.3 is 5.97 Å². The van der Waals surface area contributed by atoms with E-state index >= 15 is 0 Å². The number of aromatic nitrogens is 1. The number of nitrogens with zero attached hydrogens (tertiary/aromatic N) is 2. The maximum absolute atomic E-state index is 11.3. The van der Waals surface area contributed by atoms with Crippen molar-refractivity contribution in [2.24, 2.45) is 0 Å². The van der Waals surface area contributed by atoms with Gasteiger partial charge in [-0.2, -0.15) is 0 Å². The molecule has 2 heterocycles. The highest BCUT2D eigenvalue weighted by atomic mass is 16.4. The van der Waals surface area contributed by atoms with E-state index in [9.17, 15) is 9.90 Å². The summed E-state index contributed by atoms with van der Waals surface area (Å²) in [4.78, 5) is 18.2. The smallest absolute Gasteiger partial charge is 0.335 e. The quantitative estimate of drug-likeness (QED) is 0.914. The lowest BCUT2D eigenvalue weighted by Crippen LogP contribution is -2.28. The van der Waals surface area contributed by atoms with Crippen LogP contribution in [0.15, 0.2) is 12.1 Å². The number of carbonyl (C=O) groups is 1. The Morgan fingerprint density at radius 1 is 1.20 bits per heavy atom. The van der Waals surface area contributed by atoms with Gasteiger partial charge in [0.2, 0.25) is 0 Å². The first-order valence-corrected chi connectivity index (χ1v) is 7.70. The molecule has 0 atom stereocenters. The lowest BCUT2D eigenvalue weighted by Gasteiger charge is -2.26. The van der Waals surface area contributed by atoms with Gasteiger partial charge in [-0.05, 0) is 31.4 Å². The van der Waals surface area contributed by atoms with Crippen molar-refractivity contribution in [2.75, 3.05) is 18.0 Å². The van der Waals surface area contributed by atoms with Crippen LogP contribution in [0.5, 0.6) is 0 Å². The molecule has 1 N–H and O–H groups in total. The van der Waals surface area contributed by atoms with E-state index in [-0.39, 0.29) is 0 Å². The number of hydrogen-bond donors (Lipinski definition) is 1. The van der Waals surface area contributed by atoms with E-state index in [1.165, 1.54) is 32.1 Å². The average Bonchev–Trinajstić information content (AvgIpc) is 2.38. The predicted molar refractivity (Wildman–Crippen MR) is 80.5 cm³/mol. The Balaban J connectivity index is 2.25. The minimum Gasteiger partial charge on any atom is -0.478 e. The minimum absolute atomic E-state index is 0.362. The summed E-state index contributed by atoms with van der Waals surface area (Å²) in [5.74, 6) is -0.0201. The first-order valence-electron chi connectivity index (χ1n) is 7.70. The molecule has 0 bridgehead atoms. The van der Waals surface area contributed by atoms with Gasteiger partial charge in [-0.1, -0.05) is 32.6 Å². The fraction of sp³-hybridized carbons (Fsp3) is 0.625. The molecule has 0 aromatic carbocycles. The van der Waals surface area contributed by atoms with Crippen LogP contribution in [0.1, 0.15) is 61.5 Å². The molecule has 0 unspecified atom stereocenters. The highest BCUT2D eigenvalue weighted by Gasteiger charge is 2.14. The van der Waals surface area contributed by atoms with E-state index in [4.69, 9.17) is 0 Å². The normalized spacial score (nSPS) is 16.6. The topological polar surface area (TPSA) is 53.4 Å². The number of rotatable bonds is 4. The second-order valence-electron chi connectivity index (χ2n) is 5.52. The van der Waals surface area contributed by atoms with Crippen LogP contribution in [-0.4, -0.2) is 29.1 Å². The highest BCUT2D eigenvalue weighted by Crippen LogP contribution is 2.20. The molecule has 1 aromatic rings. The monoisotopic (exact) mass is 276 g/mol. The van der Waals surface area contributed by atoms with Crippen LogP contribution in [0.2, 0.25) is 0 Å².